The molecule has 1 aromatic heterocycles. The molecule has 2 aliphatic rings. The third-order valence-electron chi connectivity index (χ3n) is 10.7. The fraction of sp³-hybridized carbons (Fsp3) is 0.595. The lowest BCUT2D eigenvalue weighted by atomic mass is 9.78. The van der Waals surface area contributed by atoms with E-state index in [0.29, 0.717) is 23.6 Å². The predicted molar refractivity (Wildman–Crippen MR) is 183 cm³/mol. The molecule has 7 nitrogen and oxygen atoms in total. The largest absolute Gasteiger partial charge is 0.496 e. The summed E-state index contributed by atoms with van der Waals surface area (Å²) in [6.45, 7) is 16.2. The number of amides is 1. The fourth-order valence-electron chi connectivity index (χ4n) is 6.88. The van der Waals surface area contributed by atoms with Crippen LogP contribution in [0.1, 0.15) is 95.1 Å². The summed E-state index contributed by atoms with van der Waals surface area (Å²) in [5, 5.41) is 8.44. The Morgan fingerprint density at radius 1 is 0.956 bits per heavy atom. The number of ether oxygens (including phenoxy) is 1. The second kappa shape index (κ2) is 13.8. The van der Waals surface area contributed by atoms with Crippen molar-refractivity contribution in [3.63, 3.8) is 0 Å². The monoisotopic (exact) mass is 631 g/mol. The van der Waals surface area contributed by atoms with Crippen molar-refractivity contribution < 1.29 is 18.4 Å². The molecule has 1 heterocycles. The second-order valence-electron chi connectivity index (χ2n) is 14.9. The quantitative estimate of drug-likeness (QED) is 0.219. The molecule has 3 aromatic rings. The maximum atomic E-state index is 14.4. The van der Waals surface area contributed by atoms with Crippen LogP contribution in [0.3, 0.4) is 0 Å². The zero-order valence-corrected chi connectivity index (χ0v) is 29.7. The summed E-state index contributed by atoms with van der Waals surface area (Å²) in [5.41, 5.74) is 4.35. The van der Waals surface area contributed by atoms with E-state index in [1.165, 1.54) is 11.1 Å². The van der Waals surface area contributed by atoms with Crippen molar-refractivity contribution in [1.82, 2.24) is 10.2 Å². The fourth-order valence-corrected chi connectivity index (χ4v) is 8.30. The molecule has 0 aliphatic heterocycles. The van der Waals surface area contributed by atoms with Gasteiger partial charge >= 0.3 is 0 Å². The summed E-state index contributed by atoms with van der Waals surface area (Å²) < 4.78 is 18.0. The molecule has 0 saturated heterocycles. The first kappa shape index (κ1) is 33.4. The van der Waals surface area contributed by atoms with Crippen molar-refractivity contribution in [2.24, 2.45) is 11.8 Å². The van der Waals surface area contributed by atoms with E-state index in [0.717, 1.165) is 74.9 Å². The molecule has 1 amide bonds. The second-order valence-corrected chi connectivity index (χ2v) is 19.7. The highest BCUT2D eigenvalue weighted by Gasteiger charge is 2.41. The van der Waals surface area contributed by atoms with Crippen molar-refractivity contribution >= 4 is 19.9 Å². The number of hydrogen-bond donors (Lipinski definition) is 0. The van der Waals surface area contributed by atoms with Crippen LogP contribution in [-0.4, -0.2) is 44.2 Å². The first-order valence-electron chi connectivity index (χ1n) is 16.9. The molecule has 45 heavy (non-hydrogen) atoms. The maximum Gasteiger partial charge on any atom is 0.247 e. The Bertz CT molecular complexity index is 1450. The molecule has 0 N–H and O–H groups in total. The van der Waals surface area contributed by atoms with E-state index in [-0.39, 0.29) is 23.0 Å². The van der Waals surface area contributed by atoms with Crippen molar-refractivity contribution in [3.8, 4) is 17.2 Å². The molecule has 0 atom stereocenters. The van der Waals surface area contributed by atoms with Gasteiger partial charge in [-0.2, -0.15) is 0 Å². The number of carbonyl (C=O) groups is 1. The Labute approximate surface area is 271 Å². The van der Waals surface area contributed by atoms with Gasteiger partial charge < -0.3 is 18.5 Å². The van der Waals surface area contributed by atoms with Crippen LogP contribution in [0.25, 0.3) is 11.5 Å². The molecular weight excluding hydrogens is 579 g/mol. The molecule has 244 valence electrons. The van der Waals surface area contributed by atoms with Gasteiger partial charge in [-0.05, 0) is 124 Å². The van der Waals surface area contributed by atoms with E-state index in [4.69, 9.17) is 13.6 Å². The zero-order chi connectivity index (χ0) is 32.4. The van der Waals surface area contributed by atoms with Crippen molar-refractivity contribution in [2.45, 2.75) is 116 Å². The van der Waals surface area contributed by atoms with Gasteiger partial charge in [0.1, 0.15) is 5.75 Å². The molecule has 0 unspecified atom stereocenters. The van der Waals surface area contributed by atoms with E-state index >= 15 is 0 Å². The Hall–Kier alpha value is -2.97. The molecule has 0 radical (unpaired) electrons. The van der Waals surface area contributed by atoms with Crippen LogP contribution in [0.2, 0.25) is 18.1 Å². The normalized spacial score (nSPS) is 22.7. The smallest absolute Gasteiger partial charge is 0.247 e. The minimum Gasteiger partial charge on any atom is -0.496 e. The third-order valence-corrected chi connectivity index (χ3v) is 15.2. The first-order chi connectivity index (χ1) is 21.3. The van der Waals surface area contributed by atoms with Crippen LogP contribution in [0, 0.1) is 25.7 Å². The van der Waals surface area contributed by atoms with Gasteiger partial charge in [0.15, 0.2) is 8.32 Å². The minimum absolute atomic E-state index is 0.0113. The lowest BCUT2D eigenvalue weighted by Gasteiger charge is -2.41. The minimum atomic E-state index is -1.84. The van der Waals surface area contributed by atoms with Crippen LogP contribution in [0.15, 0.2) is 46.9 Å². The average Bonchev–Trinajstić information content (AvgIpc) is 3.46. The lowest BCUT2D eigenvalue weighted by Crippen LogP contribution is -2.46. The van der Waals surface area contributed by atoms with Gasteiger partial charge in [0.25, 0.3) is 0 Å². The van der Waals surface area contributed by atoms with Gasteiger partial charge in [-0.25, -0.2) is 0 Å². The van der Waals surface area contributed by atoms with Gasteiger partial charge in [0, 0.05) is 36.7 Å². The lowest BCUT2D eigenvalue weighted by molar-refractivity contribution is -0.124. The number of anilines is 1. The van der Waals surface area contributed by atoms with E-state index in [1.54, 1.807) is 14.0 Å². The Morgan fingerprint density at radius 2 is 1.67 bits per heavy atom. The summed E-state index contributed by atoms with van der Waals surface area (Å²) >= 11 is 0. The Balaban J connectivity index is 1.30. The predicted octanol–water partition coefficient (Wildman–Crippen LogP) is 9.25. The van der Waals surface area contributed by atoms with Crippen LogP contribution in [0.5, 0.6) is 5.75 Å². The SMILES string of the molecule is COc1ccc([C@H]2CC[C@H](CN(c3cccc(-c4nnc(C)o4)c3)C(=O)[C@H]3CC[C@H](O[Si](C)(C)C(C)(C)C)CC3)CC2)cc1C. The number of methoxy groups -OCH3 is 1. The molecule has 0 bridgehead atoms. The van der Waals surface area contributed by atoms with Gasteiger partial charge in [-0.15, -0.1) is 10.2 Å². The number of benzene rings is 2. The average molecular weight is 632 g/mol. The summed E-state index contributed by atoms with van der Waals surface area (Å²) in [6.07, 6.45) is 8.38. The highest BCUT2D eigenvalue weighted by Crippen LogP contribution is 2.41. The maximum absolute atomic E-state index is 14.4. The molecular formula is C37H53N3O4Si. The summed E-state index contributed by atoms with van der Waals surface area (Å²) in [6, 6.07) is 14.7. The van der Waals surface area contributed by atoms with E-state index < -0.39 is 8.32 Å². The molecule has 2 fully saturated rings. The van der Waals surface area contributed by atoms with Crippen LogP contribution in [-0.2, 0) is 9.22 Å². The van der Waals surface area contributed by atoms with Crippen molar-refractivity contribution in [1.29, 1.82) is 0 Å². The standard InChI is InChI=1S/C37H53N3O4Si/c1-25-22-30(18-21-34(25)42-6)28-14-12-27(13-15-28)24-40(32-11-9-10-31(23-32)35-39-38-26(2)43-35)36(41)29-16-19-33(20-17-29)44-45(7,8)37(3,4)5/h9-11,18,21-23,27-29,33H,12-17,19-20,24H2,1-8H3/t27-,28-,29-,33-. The number of rotatable bonds is 9. The molecule has 2 aliphatic carbocycles. The summed E-state index contributed by atoms with van der Waals surface area (Å²) in [5.74, 6) is 3.22. The molecule has 2 saturated carbocycles. The van der Waals surface area contributed by atoms with Crippen LogP contribution in [0.4, 0.5) is 5.69 Å². The summed E-state index contributed by atoms with van der Waals surface area (Å²) in [7, 11) is -0.112. The number of hydrogen-bond acceptors (Lipinski definition) is 6. The number of aryl methyl sites for hydroxylation is 2. The molecule has 2 aromatic carbocycles. The Morgan fingerprint density at radius 3 is 2.27 bits per heavy atom. The van der Waals surface area contributed by atoms with Crippen molar-refractivity contribution in [3.05, 3.63) is 59.5 Å². The van der Waals surface area contributed by atoms with E-state index in [9.17, 15) is 4.79 Å². The highest BCUT2D eigenvalue weighted by molar-refractivity contribution is 6.74. The number of aromatic nitrogens is 2. The number of nitrogens with zero attached hydrogens (tertiary/aromatic N) is 3. The first-order valence-corrected chi connectivity index (χ1v) is 19.8. The molecule has 8 heteroatoms. The van der Waals surface area contributed by atoms with Gasteiger partial charge in [-0.1, -0.05) is 39.0 Å². The van der Waals surface area contributed by atoms with Crippen LogP contribution >= 0.6 is 0 Å². The molecule has 5 rings (SSSR count). The third kappa shape index (κ3) is 7.88. The summed E-state index contributed by atoms with van der Waals surface area (Å²) in [4.78, 5) is 16.5. The highest BCUT2D eigenvalue weighted by atomic mass is 28.4. The molecule has 0 spiro atoms. The van der Waals surface area contributed by atoms with Crippen LogP contribution < -0.4 is 9.64 Å². The van der Waals surface area contributed by atoms with Gasteiger partial charge in [0.2, 0.25) is 17.7 Å². The van der Waals surface area contributed by atoms with Gasteiger partial charge in [-0.3, -0.25) is 4.79 Å². The van der Waals surface area contributed by atoms with Crippen molar-refractivity contribution in [2.75, 3.05) is 18.6 Å². The van der Waals surface area contributed by atoms with E-state index in [1.807, 2.05) is 18.2 Å². The Kier molecular flexibility index (Phi) is 10.2. The topological polar surface area (TPSA) is 77.7 Å². The zero-order valence-electron chi connectivity index (χ0n) is 28.7. The van der Waals surface area contributed by atoms with E-state index in [2.05, 4.69) is 80.2 Å². The number of carbonyl (C=O) groups excluding carboxylic acids is 1. The van der Waals surface area contributed by atoms with Gasteiger partial charge in [0.05, 0.1) is 7.11 Å².